The fourth-order valence-electron chi connectivity index (χ4n) is 1.57. The Kier molecular flexibility index (Phi) is 3.79. The van der Waals surface area contributed by atoms with Gasteiger partial charge in [-0.2, -0.15) is 5.26 Å². The number of hydrogen-bond donors (Lipinski definition) is 1. The molecule has 19 heavy (non-hydrogen) atoms. The van der Waals surface area contributed by atoms with Crippen LogP contribution in [0.25, 0.3) is 6.08 Å². The molecule has 1 aromatic carbocycles. The van der Waals surface area contributed by atoms with Crippen LogP contribution in [0.3, 0.4) is 0 Å². The predicted molar refractivity (Wildman–Crippen MR) is 72.1 cm³/mol. The largest absolute Gasteiger partial charge is 0.465 e. The summed E-state index contributed by atoms with van der Waals surface area (Å²) in [5, 5.41) is 11.7. The Labute approximate surface area is 111 Å². The van der Waals surface area contributed by atoms with Crippen LogP contribution >= 0.6 is 0 Å². The van der Waals surface area contributed by atoms with Gasteiger partial charge in [0.05, 0.1) is 6.26 Å². The Hall–Kier alpha value is -2.80. The smallest absolute Gasteiger partial charge is 0.266 e. The number of nitrogens with zero attached hydrogens (tertiary/aromatic N) is 1. The lowest BCUT2D eigenvalue weighted by Gasteiger charge is -2.06. The summed E-state index contributed by atoms with van der Waals surface area (Å²) in [6, 6.07) is 12.6. The van der Waals surface area contributed by atoms with E-state index in [0.717, 1.165) is 5.56 Å². The van der Waals surface area contributed by atoms with Gasteiger partial charge in [-0.25, -0.2) is 0 Å². The minimum atomic E-state index is -0.451. The highest BCUT2D eigenvalue weighted by molar-refractivity contribution is 6.09. The van der Waals surface area contributed by atoms with Crippen molar-refractivity contribution in [1.29, 1.82) is 5.26 Å². The van der Waals surface area contributed by atoms with E-state index in [0.29, 0.717) is 11.4 Å². The van der Waals surface area contributed by atoms with E-state index in [1.165, 1.54) is 12.3 Å². The molecule has 0 fully saturated rings. The van der Waals surface area contributed by atoms with Crippen LogP contribution in [-0.4, -0.2) is 5.91 Å². The van der Waals surface area contributed by atoms with Gasteiger partial charge in [0.1, 0.15) is 17.4 Å². The van der Waals surface area contributed by atoms with Crippen LogP contribution in [0.1, 0.15) is 11.3 Å². The summed E-state index contributed by atoms with van der Waals surface area (Å²) in [4.78, 5) is 12.0. The third kappa shape index (κ3) is 3.11. The number of anilines is 1. The monoisotopic (exact) mass is 252 g/mol. The third-order valence-electron chi connectivity index (χ3n) is 2.59. The molecular weight excluding hydrogens is 240 g/mol. The molecule has 4 nitrogen and oxygen atoms in total. The molecule has 4 heteroatoms. The Morgan fingerprint density at radius 2 is 2.11 bits per heavy atom. The molecule has 1 aromatic heterocycles. The van der Waals surface area contributed by atoms with Crippen LogP contribution in [0.2, 0.25) is 0 Å². The van der Waals surface area contributed by atoms with Gasteiger partial charge in [0.2, 0.25) is 0 Å². The molecule has 1 N–H and O–H groups in total. The van der Waals surface area contributed by atoms with Crippen molar-refractivity contribution in [2.45, 2.75) is 6.92 Å². The van der Waals surface area contributed by atoms with Gasteiger partial charge in [-0.1, -0.05) is 18.2 Å². The standard InChI is InChI=1S/C15H12N2O2/c1-11-5-2-3-7-14(11)17-15(18)12(10-16)9-13-6-4-8-19-13/h2-9H,1H3,(H,17,18)/b12-9+. The lowest BCUT2D eigenvalue weighted by Crippen LogP contribution is -2.14. The van der Waals surface area contributed by atoms with E-state index in [-0.39, 0.29) is 5.57 Å². The number of para-hydroxylation sites is 1. The fraction of sp³-hybridized carbons (Fsp3) is 0.0667. The maximum Gasteiger partial charge on any atom is 0.266 e. The van der Waals surface area contributed by atoms with Gasteiger partial charge in [-0.05, 0) is 30.7 Å². The molecule has 0 aliphatic heterocycles. The van der Waals surface area contributed by atoms with Gasteiger partial charge >= 0.3 is 0 Å². The van der Waals surface area contributed by atoms with Crippen LogP contribution in [0, 0.1) is 18.3 Å². The minimum Gasteiger partial charge on any atom is -0.465 e. The van der Waals surface area contributed by atoms with Gasteiger partial charge in [-0.3, -0.25) is 4.79 Å². The SMILES string of the molecule is Cc1ccccc1NC(=O)/C(C#N)=C/c1ccco1. The van der Waals surface area contributed by atoms with Crippen molar-refractivity contribution in [2.75, 3.05) is 5.32 Å². The Morgan fingerprint density at radius 1 is 1.32 bits per heavy atom. The number of aryl methyl sites for hydroxylation is 1. The van der Waals surface area contributed by atoms with Crippen LogP contribution in [0.4, 0.5) is 5.69 Å². The molecular formula is C15H12N2O2. The molecule has 2 rings (SSSR count). The first-order valence-corrected chi connectivity index (χ1v) is 5.73. The molecule has 2 aromatic rings. The first kappa shape index (κ1) is 12.7. The fourth-order valence-corrected chi connectivity index (χ4v) is 1.57. The van der Waals surface area contributed by atoms with Crippen molar-refractivity contribution in [3.63, 3.8) is 0 Å². The Balaban J connectivity index is 2.19. The summed E-state index contributed by atoms with van der Waals surface area (Å²) in [5.41, 5.74) is 1.62. The second-order valence-corrected chi connectivity index (χ2v) is 3.95. The number of nitriles is 1. The normalized spacial score (nSPS) is 10.8. The molecule has 0 bridgehead atoms. The lowest BCUT2D eigenvalue weighted by molar-refractivity contribution is -0.112. The first-order chi connectivity index (χ1) is 9.20. The van der Waals surface area contributed by atoms with Crippen molar-refractivity contribution in [1.82, 2.24) is 0 Å². The van der Waals surface area contributed by atoms with Gasteiger partial charge in [0, 0.05) is 11.8 Å². The molecule has 0 spiro atoms. The molecule has 1 amide bonds. The van der Waals surface area contributed by atoms with Crippen LogP contribution in [0.5, 0.6) is 0 Å². The second kappa shape index (κ2) is 5.69. The Morgan fingerprint density at radius 3 is 2.74 bits per heavy atom. The summed E-state index contributed by atoms with van der Waals surface area (Å²) < 4.78 is 5.08. The van der Waals surface area contributed by atoms with Crippen LogP contribution in [0.15, 0.2) is 52.7 Å². The summed E-state index contributed by atoms with van der Waals surface area (Å²) in [7, 11) is 0. The molecule has 0 atom stereocenters. The first-order valence-electron chi connectivity index (χ1n) is 5.73. The highest BCUT2D eigenvalue weighted by atomic mass is 16.3. The number of furan rings is 1. The van der Waals surface area contributed by atoms with Gasteiger partial charge < -0.3 is 9.73 Å². The third-order valence-corrected chi connectivity index (χ3v) is 2.59. The zero-order valence-electron chi connectivity index (χ0n) is 10.4. The van der Waals surface area contributed by atoms with E-state index >= 15 is 0 Å². The quantitative estimate of drug-likeness (QED) is 0.674. The van der Waals surface area contributed by atoms with E-state index in [1.807, 2.05) is 31.2 Å². The van der Waals surface area contributed by atoms with E-state index in [2.05, 4.69) is 5.32 Å². The van der Waals surface area contributed by atoms with Crippen molar-refractivity contribution in [3.8, 4) is 6.07 Å². The van der Waals surface area contributed by atoms with Crippen molar-refractivity contribution in [3.05, 3.63) is 59.6 Å². The van der Waals surface area contributed by atoms with Crippen molar-refractivity contribution in [2.24, 2.45) is 0 Å². The topological polar surface area (TPSA) is 66.0 Å². The molecule has 0 aliphatic rings. The number of amides is 1. The van der Waals surface area contributed by atoms with E-state index in [1.54, 1.807) is 18.2 Å². The molecule has 94 valence electrons. The zero-order valence-corrected chi connectivity index (χ0v) is 10.4. The van der Waals surface area contributed by atoms with E-state index < -0.39 is 5.91 Å². The summed E-state index contributed by atoms with van der Waals surface area (Å²) in [6.45, 7) is 1.89. The predicted octanol–water partition coefficient (Wildman–Crippen LogP) is 3.13. The summed E-state index contributed by atoms with van der Waals surface area (Å²) >= 11 is 0. The van der Waals surface area contributed by atoms with Crippen molar-refractivity contribution < 1.29 is 9.21 Å². The Bertz CT molecular complexity index is 649. The number of benzene rings is 1. The van der Waals surface area contributed by atoms with Crippen LogP contribution < -0.4 is 5.32 Å². The van der Waals surface area contributed by atoms with E-state index in [4.69, 9.17) is 9.68 Å². The highest BCUT2D eigenvalue weighted by Crippen LogP contribution is 2.15. The second-order valence-electron chi connectivity index (χ2n) is 3.95. The van der Waals surface area contributed by atoms with Gasteiger partial charge in [-0.15, -0.1) is 0 Å². The molecule has 1 heterocycles. The molecule has 0 unspecified atom stereocenters. The van der Waals surface area contributed by atoms with Crippen LogP contribution in [-0.2, 0) is 4.79 Å². The van der Waals surface area contributed by atoms with E-state index in [9.17, 15) is 4.79 Å². The maximum atomic E-state index is 12.0. The summed E-state index contributed by atoms with van der Waals surface area (Å²) in [5.74, 6) is 0.0182. The van der Waals surface area contributed by atoms with Crippen molar-refractivity contribution >= 4 is 17.7 Å². The number of carbonyl (C=O) groups excluding carboxylic acids is 1. The summed E-state index contributed by atoms with van der Waals surface area (Å²) in [6.07, 6.45) is 2.90. The number of rotatable bonds is 3. The molecule has 0 aliphatic carbocycles. The maximum absolute atomic E-state index is 12.0. The van der Waals surface area contributed by atoms with Gasteiger partial charge in [0.25, 0.3) is 5.91 Å². The molecule has 0 radical (unpaired) electrons. The molecule has 0 saturated heterocycles. The average Bonchev–Trinajstić information content (AvgIpc) is 2.91. The number of carbonyl (C=O) groups is 1. The molecule has 0 saturated carbocycles. The minimum absolute atomic E-state index is 0.00166. The highest BCUT2D eigenvalue weighted by Gasteiger charge is 2.11. The zero-order chi connectivity index (χ0) is 13.7. The average molecular weight is 252 g/mol. The lowest BCUT2D eigenvalue weighted by atomic mass is 10.2. The number of hydrogen-bond acceptors (Lipinski definition) is 3. The van der Waals surface area contributed by atoms with Gasteiger partial charge in [0.15, 0.2) is 0 Å². The number of nitrogens with one attached hydrogen (secondary N) is 1.